The standard InChI is InChI=1S/C17H25NO2/c1-12(2)16-11-17(8-9-19-16)10-14(18-3)13-6-4-5-7-15(13)20-17/h4-7,12,14,16,18H,8-11H2,1-3H3. The van der Waals surface area contributed by atoms with Gasteiger partial charge in [-0.25, -0.2) is 0 Å². The number of hydrogen-bond acceptors (Lipinski definition) is 3. The maximum absolute atomic E-state index is 6.45. The van der Waals surface area contributed by atoms with Gasteiger partial charge in [0.1, 0.15) is 11.4 Å². The Labute approximate surface area is 121 Å². The predicted molar refractivity (Wildman–Crippen MR) is 80.0 cm³/mol. The molecule has 3 heteroatoms. The second kappa shape index (κ2) is 5.38. The van der Waals surface area contributed by atoms with Crippen molar-refractivity contribution in [2.75, 3.05) is 13.7 Å². The van der Waals surface area contributed by atoms with Crippen LogP contribution in [0.2, 0.25) is 0 Å². The van der Waals surface area contributed by atoms with Gasteiger partial charge in [-0.2, -0.15) is 0 Å². The first-order chi connectivity index (χ1) is 9.63. The lowest BCUT2D eigenvalue weighted by Crippen LogP contribution is -2.51. The largest absolute Gasteiger partial charge is 0.487 e. The number of hydrogen-bond donors (Lipinski definition) is 1. The summed E-state index contributed by atoms with van der Waals surface area (Å²) in [4.78, 5) is 0. The average Bonchev–Trinajstić information content (AvgIpc) is 2.46. The number of fused-ring (bicyclic) bond motifs is 1. The fourth-order valence-electron chi connectivity index (χ4n) is 3.51. The van der Waals surface area contributed by atoms with E-state index in [4.69, 9.17) is 9.47 Å². The number of ether oxygens (including phenoxy) is 2. The molecule has 1 saturated heterocycles. The van der Waals surface area contributed by atoms with Crippen LogP contribution >= 0.6 is 0 Å². The molecule has 20 heavy (non-hydrogen) atoms. The lowest BCUT2D eigenvalue weighted by Gasteiger charge is -2.47. The van der Waals surface area contributed by atoms with Crippen LogP contribution < -0.4 is 10.1 Å². The van der Waals surface area contributed by atoms with E-state index >= 15 is 0 Å². The Morgan fingerprint density at radius 2 is 2.05 bits per heavy atom. The molecule has 2 aliphatic heterocycles. The van der Waals surface area contributed by atoms with Gasteiger partial charge >= 0.3 is 0 Å². The van der Waals surface area contributed by atoms with Gasteiger partial charge in [0.05, 0.1) is 12.7 Å². The number of rotatable bonds is 2. The number of benzene rings is 1. The van der Waals surface area contributed by atoms with E-state index in [0.717, 1.165) is 31.6 Å². The minimum atomic E-state index is -0.0603. The fraction of sp³-hybridized carbons (Fsp3) is 0.647. The summed E-state index contributed by atoms with van der Waals surface area (Å²) in [6, 6.07) is 8.80. The maximum Gasteiger partial charge on any atom is 0.124 e. The minimum absolute atomic E-state index is 0.0603. The van der Waals surface area contributed by atoms with Crippen molar-refractivity contribution in [3.63, 3.8) is 0 Å². The Hall–Kier alpha value is -1.06. The molecule has 1 spiro atoms. The van der Waals surface area contributed by atoms with Gasteiger partial charge in [0.2, 0.25) is 0 Å². The highest BCUT2D eigenvalue weighted by Crippen LogP contribution is 2.45. The SMILES string of the molecule is CNC1CC2(CCOC(C(C)C)C2)Oc2ccccc21. The van der Waals surface area contributed by atoms with E-state index in [1.165, 1.54) is 5.56 Å². The van der Waals surface area contributed by atoms with Crippen LogP contribution in [0.5, 0.6) is 5.75 Å². The Bertz CT molecular complexity index is 474. The molecule has 3 rings (SSSR count). The van der Waals surface area contributed by atoms with Gasteiger partial charge in [-0.1, -0.05) is 32.0 Å². The summed E-state index contributed by atoms with van der Waals surface area (Å²) in [6.07, 6.45) is 3.33. The Morgan fingerprint density at radius 1 is 1.25 bits per heavy atom. The third-order valence-corrected chi connectivity index (χ3v) is 4.75. The molecule has 1 aromatic carbocycles. The van der Waals surface area contributed by atoms with E-state index in [1.54, 1.807) is 0 Å². The molecule has 0 radical (unpaired) electrons. The van der Waals surface area contributed by atoms with Gasteiger partial charge in [0.25, 0.3) is 0 Å². The van der Waals surface area contributed by atoms with Gasteiger partial charge in [0, 0.05) is 30.9 Å². The van der Waals surface area contributed by atoms with Crippen molar-refractivity contribution in [1.82, 2.24) is 5.32 Å². The second-order valence-electron chi connectivity index (χ2n) is 6.48. The Morgan fingerprint density at radius 3 is 2.80 bits per heavy atom. The second-order valence-corrected chi connectivity index (χ2v) is 6.48. The van der Waals surface area contributed by atoms with Crippen molar-refractivity contribution in [2.24, 2.45) is 5.92 Å². The van der Waals surface area contributed by atoms with Crippen molar-refractivity contribution >= 4 is 0 Å². The van der Waals surface area contributed by atoms with Gasteiger partial charge < -0.3 is 14.8 Å². The smallest absolute Gasteiger partial charge is 0.124 e. The minimum Gasteiger partial charge on any atom is -0.487 e. The Balaban J connectivity index is 1.89. The monoisotopic (exact) mass is 275 g/mol. The van der Waals surface area contributed by atoms with Crippen LogP contribution in [0.15, 0.2) is 24.3 Å². The molecule has 1 aromatic rings. The third kappa shape index (κ3) is 2.45. The van der Waals surface area contributed by atoms with E-state index in [0.29, 0.717) is 18.1 Å². The lowest BCUT2D eigenvalue weighted by molar-refractivity contribution is -0.116. The molecule has 2 aliphatic rings. The highest BCUT2D eigenvalue weighted by atomic mass is 16.5. The summed E-state index contributed by atoms with van der Waals surface area (Å²) in [7, 11) is 2.04. The van der Waals surface area contributed by atoms with Crippen LogP contribution in [0.4, 0.5) is 0 Å². The van der Waals surface area contributed by atoms with Gasteiger partial charge in [-0.3, -0.25) is 0 Å². The van der Waals surface area contributed by atoms with Crippen molar-refractivity contribution in [3.8, 4) is 5.75 Å². The first kappa shape index (κ1) is 13.9. The van der Waals surface area contributed by atoms with Crippen molar-refractivity contribution in [2.45, 2.75) is 50.9 Å². The molecule has 3 atom stereocenters. The van der Waals surface area contributed by atoms with Crippen molar-refractivity contribution in [3.05, 3.63) is 29.8 Å². The zero-order valence-electron chi connectivity index (χ0n) is 12.7. The summed E-state index contributed by atoms with van der Waals surface area (Å²) in [6.45, 7) is 5.27. The molecule has 3 unspecified atom stereocenters. The molecule has 110 valence electrons. The molecule has 1 fully saturated rings. The van der Waals surface area contributed by atoms with E-state index in [1.807, 2.05) is 7.05 Å². The summed E-state index contributed by atoms with van der Waals surface area (Å²) in [5, 5.41) is 3.45. The molecule has 2 heterocycles. The quantitative estimate of drug-likeness (QED) is 0.898. The predicted octanol–water partition coefficient (Wildman–Crippen LogP) is 3.30. The maximum atomic E-state index is 6.45. The van der Waals surface area contributed by atoms with Crippen LogP contribution in [-0.2, 0) is 4.74 Å². The van der Waals surface area contributed by atoms with Crippen LogP contribution in [0.3, 0.4) is 0 Å². The highest BCUT2D eigenvalue weighted by molar-refractivity contribution is 5.39. The summed E-state index contributed by atoms with van der Waals surface area (Å²) in [5.74, 6) is 1.59. The zero-order valence-corrected chi connectivity index (χ0v) is 12.7. The van der Waals surface area contributed by atoms with Gasteiger partial charge in [0.15, 0.2) is 0 Å². The topological polar surface area (TPSA) is 30.5 Å². The number of nitrogens with one attached hydrogen (secondary N) is 1. The normalized spacial score (nSPS) is 33.0. The summed E-state index contributed by atoms with van der Waals surface area (Å²) in [5.41, 5.74) is 1.23. The summed E-state index contributed by atoms with van der Waals surface area (Å²) >= 11 is 0. The zero-order chi connectivity index (χ0) is 14.2. The third-order valence-electron chi connectivity index (χ3n) is 4.75. The molecule has 0 amide bonds. The van der Waals surface area contributed by atoms with E-state index < -0.39 is 0 Å². The molecule has 1 N–H and O–H groups in total. The summed E-state index contributed by atoms with van der Waals surface area (Å²) < 4.78 is 12.4. The molecule has 0 aliphatic carbocycles. The van der Waals surface area contributed by atoms with Crippen LogP contribution in [0, 0.1) is 5.92 Å². The van der Waals surface area contributed by atoms with Crippen molar-refractivity contribution < 1.29 is 9.47 Å². The average molecular weight is 275 g/mol. The first-order valence-corrected chi connectivity index (χ1v) is 7.70. The first-order valence-electron chi connectivity index (χ1n) is 7.70. The Kier molecular flexibility index (Phi) is 3.74. The van der Waals surface area contributed by atoms with Crippen LogP contribution in [0.25, 0.3) is 0 Å². The van der Waals surface area contributed by atoms with Gasteiger partial charge in [-0.05, 0) is 19.0 Å². The highest BCUT2D eigenvalue weighted by Gasteiger charge is 2.45. The van der Waals surface area contributed by atoms with E-state index in [-0.39, 0.29) is 5.60 Å². The molecular weight excluding hydrogens is 250 g/mol. The number of para-hydroxylation sites is 1. The molecule has 3 nitrogen and oxygen atoms in total. The molecule has 0 saturated carbocycles. The van der Waals surface area contributed by atoms with E-state index in [9.17, 15) is 0 Å². The van der Waals surface area contributed by atoms with Crippen molar-refractivity contribution in [1.29, 1.82) is 0 Å². The van der Waals surface area contributed by atoms with Crippen LogP contribution in [0.1, 0.15) is 44.7 Å². The molecule has 0 aromatic heterocycles. The molecular formula is C17H25NO2. The molecule has 0 bridgehead atoms. The lowest BCUT2D eigenvalue weighted by atomic mass is 9.78. The van der Waals surface area contributed by atoms with E-state index in [2.05, 4.69) is 43.4 Å². The fourth-order valence-corrected chi connectivity index (χ4v) is 3.51. The van der Waals surface area contributed by atoms with Gasteiger partial charge in [-0.15, -0.1) is 0 Å². The van der Waals surface area contributed by atoms with Crippen LogP contribution in [-0.4, -0.2) is 25.4 Å².